The monoisotopic (exact) mass is 304 g/mol. The molecule has 1 aliphatic heterocycles. The molecular formula is C17H24N2OS. The Kier molecular flexibility index (Phi) is 4.84. The van der Waals surface area contributed by atoms with Gasteiger partial charge < -0.3 is 4.90 Å². The van der Waals surface area contributed by atoms with Crippen molar-refractivity contribution in [2.45, 2.75) is 68.2 Å². The van der Waals surface area contributed by atoms with E-state index in [9.17, 15) is 4.79 Å². The molecule has 2 heterocycles. The van der Waals surface area contributed by atoms with Crippen LogP contribution in [0, 0.1) is 0 Å². The highest BCUT2D eigenvalue weighted by molar-refractivity contribution is 7.99. The highest BCUT2D eigenvalue weighted by atomic mass is 32.2. The van der Waals surface area contributed by atoms with Gasteiger partial charge in [0.25, 0.3) is 0 Å². The zero-order valence-corrected chi connectivity index (χ0v) is 13.6. The number of pyridine rings is 1. The number of rotatable bonds is 3. The standard InChI is InChI=1S/C17H24N2OS/c1-13(20)19-12-6-10-16(19)15-9-5-11-18-17(15)21-14-7-3-2-4-8-14/h5,9,11,14,16H,2-4,6-8,10,12H2,1H3/t16-/m1/s1. The summed E-state index contributed by atoms with van der Waals surface area (Å²) in [6, 6.07) is 4.42. The zero-order valence-electron chi connectivity index (χ0n) is 12.8. The molecule has 0 aromatic carbocycles. The van der Waals surface area contributed by atoms with Gasteiger partial charge in [-0.2, -0.15) is 0 Å². The molecule has 4 heteroatoms. The summed E-state index contributed by atoms with van der Waals surface area (Å²) in [4.78, 5) is 18.5. The van der Waals surface area contributed by atoms with Crippen LogP contribution < -0.4 is 0 Å². The van der Waals surface area contributed by atoms with E-state index < -0.39 is 0 Å². The minimum absolute atomic E-state index is 0.190. The molecule has 2 aliphatic rings. The van der Waals surface area contributed by atoms with Crippen molar-refractivity contribution >= 4 is 17.7 Å². The number of likely N-dealkylation sites (tertiary alicyclic amines) is 1. The number of hydrogen-bond donors (Lipinski definition) is 0. The lowest BCUT2D eigenvalue weighted by Gasteiger charge is -2.27. The van der Waals surface area contributed by atoms with Gasteiger partial charge in [-0.25, -0.2) is 4.98 Å². The van der Waals surface area contributed by atoms with Crippen molar-refractivity contribution in [1.29, 1.82) is 0 Å². The molecule has 3 rings (SSSR count). The molecule has 1 aromatic rings. The van der Waals surface area contributed by atoms with Gasteiger partial charge in [0.2, 0.25) is 5.91 Å². The smallest absolute Gasteiger partial charge is 0.219 e. The third kappa shape index (κ3) is 3.42. The zero-order chi connectivity index (χ0) is 14.7. The highest BCUT2D eigenvalue weighted by Crippen LogP contribution is 2.40. The van der Waals surface area contributed by atoms with Crippen molar-refractivity contribution in [1.82, 2.24) is 9.88 Å². The van der Waals surface area contributed by atoms with Gasteiger partial charge in [-0.3, -0.25) is 4.79 Å². The molecule has 0 unspecified atom stereocenters. The summed E-state index contributed by atoms with van der Waals surface area (Å²) in [6.07, 6.45) is 10.8. The van der Waals surface area contributed by atoms with Crippen LogP contribution in [0.3, 0.4) is 0 Å². The fourth-order valence-electron chi connectivity index (χ4n) is 3.56. The van der Waals surface area contributed by atoms with Gasteiger partial charge in [0.1, 0.15) is 5.03 Å². The lowest BCUT2D eigenvalue weighted by atomic mass is 10.0. The number of thioether (sulfide) groups is 1. The normalized spacial score (nSPS) is 23.5. The maximum atomic E-state index is 11.8. The highest BCUT2D eigenvalue weighted by Gasteiger charge is 2.30. The largest absolute Gasteiger partial charge is 0.336 e. The maximum Gasteiger partial charge on any atom is 0.219 e. The van der Waals surface area contributed by atoms with Gasteiger partial charge >= 0.3 is 0 Å². The van der Waals surface area contributed by atoms with Crippen LogP contribution in [-0.2, 0) is 4.79 Å². The minimum Gasteiger partial charge on any atom is -0.336 e. The Morgan fingerprint density at radius 2 is 2.05 bits per heavy atom. The average Bonchev–Trinajstić information content (AvgIpc) is 2.98. The van der Waals surface area contributed by atoms with Crippen molar-refractivity contribution in [2.75, 3.05) is 6.54 Å². The Labute approximate surface area is 131 Å². The van der Waals surface area contributed by atoms with Gasteiger partial charge in [-0.05, 0) is 31.7 Å². The summed E-state index contributed by atoms with van der Waals surface area (Å²) in [7, 11) is 0. The van der Waals surface area contributed by atoms with E-state index in [1.54, 1.807) is 6.92 Å². The van der Waals surface area contributed by atoms with E-state index in [1.807, 2.05) is 28.9 Å². The Balaban J connectivity index is 1.80. The number of amides is 1. The Morgan fingerprint density at radius 1 is 1.24 bits per heavy atom. The van der Waals surface area contributed by atoms with E-state index in [4.69, 9.17) is 0 Å². The van der Waals surface area contributed by atoms with Crippen LogP contribution in [0.5, 0.6) is 0 Å². The molecule has 2 fully saturated rings. The topological polar surface area (TPSA) is 33.2 Å². The molecule has 1 atom stereocenters. The summed E-state index contributed by atoms with van der Waals surface area (Å²) >= 11 is 1.94. The average molecular weight is 304 g/mol. The molecule has 114 valence electrons. The summed E-state index contributed by atoms with van der Waals surface area (Å²) in [6.45, 7) is 2.57. The maximum absolute atomic E-state index is 11.8. The van der Waals surface area contributed by atoms with Crippen LogP contribution in [0.1, 0.15) is 63.5 Å². The van der Waals surface area contributed by atoms with E-state index in [2.05, 4.69) is 11.1 Å². The van der Waals surface area contributed by atoms with Crippen LogP contribution in [0.15, 0.2) is 23.4 Å². The lowest BCUT2D eigenvalue weighted by Crippen LogP contribution is -2.28. The number of nitrogens with zero attached hydrogens (tertiary/aromatic N) is 2. The van der Waals surface area contributed by atoms with E-state index in [1.165, 1.54) is 37.7 Å². The molecule has 1 aromatic heterocycles. The Morgan fingerprint density at radius 3 is 2.81 bits per heavy atom. The van der Waals surface area contributed by atoms with Crippen molar-refractivity contribution < 1.29 is 4.79 Å². The molecule has 1 aliphatic carbocycles. The number of carbonyl (C=O) groups excluding carboxylic acids is 1. The second-order valence-electron chi connectivity index (χ2n) is 6.15. The van der Waals surface area contributed by atoms with Gasteiger partial charge in [0.05, 0.1) is 6.04 Å². The molecule has 1 saturated carbocycles. The first-order valence-electron chi connectivity index (χ1n) is 8.14. The number of hydrogen-bond acceptors (Lipinski definition) is 3. The Bertz CT molecular complexity index is 499. The van der Waals surface area contributed by atoms with Crippen LogP contribution in [0.4, 0.5) is 0 Å². The number of carbonyl (C=O) groups is 1. The third-order valence-corrected chi connectivity index (χ3v) is 6.02. The second kappa shape index (κ2) is 6.82. The fourth-order valence-corrected chi connectivity index (χ4v) is 4.91. The Hall–Kier alpha value is -1.03. The summed E-state index contributed by atoms with van der Waals surface area (Å²) in [5.41, 5.74) is 1.26. The lowest BCUT2D eigenvalue weighted by molar-refractivity contribution is -0.129. The SMILES string of the molecule is CC(=O)N1CCC[C@@H]1c1cccnc1SC1CCCCC1. The first kappa shape index (κ1) is 14.9. The third-order valence-electron chi connectivity index (χ3n) is 4.65. The molecule has 1 saturated heterocycles. The van der Waals surface area contributed by atoms with Crippen LogP contribution >= 0.6 is 11.8 Å². The minimum atomic E-state index is 0.190. The molecule has 0 spiro atoms. The fraction of sp³-hybridized carbons (Fsp3) is 0.647. The molecule has 21 heavy (non-hydrogen) atoms. The van der Waals surface area contributed by atoms with Crippen LogP contribution in [-0.4, -0.2) is 27.6 Å². The molecule has 0 bridgehead atoms. The predicted molar refractivity (Wildman–Crippen MR) is 86.3 cm³/mol. The summed E-state index contributed by atoms with van der Waals surface area (Å²) in [5, 5.41) is 1.86. The first-order valence-corrected chi connectivity index (χ1v) is 9.02. The second-order valence-corrected chi connectivity index (χ2v) is 7.44. The molecule has 0 radical (unpaired) electrons. The van der Waals surface area contributed by atoms with E-state index in [0.717, 1.165) is 24.4 Å². The molecule has 3 nitrogen and oxygen atoms in total. The van der Waals surface area contributed by atoms with Gasteiger partial charge in [-0.15, -0.1) is 11.8 Å². The first-order chi connectivity index (χ1) is 10.3. The summed E-state index contributed by atoms with van der Waals surface area (Å²) < 4.78 is 0. The molecular weight excluding hydrogens is 280 g/mol. The van der Waals surface area contributed by atoms with Gasteiger partial charge in [-0.1, -0.05) is 25.3 Å². The molecule has 0 N–H and O–H groups in total. The predicted octanol–water partition coefficient (Wildman–Crippen LogP) is 4.19. The van der Waals surface area contributed by atoms with Crippen molar-refractivity contribution in [2.24, 2.45) is 0 Å². The van der Waals surface area contributed by atoms with Crippen molar-refractivity contribution in [3.63, 3.8) is 0 Å². The van der Waals surface area contributed by atoms with Crippen LogP contribution in [0.2, 0.25) is 0 Å². The van der Waals surface area contributed by atoms with E-state index >= 15 is 0 Å². The van der Waals surface area contributed by atoms with E-state index in [-0.39, 0.29) is 11.9 Å². The van der Waals surface area contributed by atoms with Crippen molar-refractivity contribution in [3.8, 4) is 0 Å². The van der Waals surface area contributed by atoms with Gasteiger partial charge in [0.15, 0.2) is 0 Å². The molecule has 1 amide bonds. The van der Waals surface area contributed by atoms with Crippen molar-refractivity contribution in [3.05, 3.63) is 23.9 Å². The quantitative estimate of drug-likeness (QED) is 0.839. The summed E-state index contributed by atoms with van der Waals surface area (Å²) in [5.74, 6) is 0.190. The number of aromatic nitrogens is 1. The van der Waals surface area contributed by atoms with E-state index in [0.29, 0.717) is 5.25 Å². The van der Waals surface area contributed by atoms with Gasteiger partial charge in [0, 0.05) is 30.5 Å². The van der Waals surface area contributed by atoms with Crippen LogP contribution in [0.25, 0.3) is 0 Å².